The Labute approximate surface area is 147 Å². The minimum absolute atomic E-state index is 0.388. The molecule has 1 heterocycles. The normalized spacial score (nSPS) is 18.3. The fourth-order valence-electron chi connectivity index (χ4n) is 2.93. The van der Waals surface area contributed by atoms with Gasteiger partial charge in [-0.05, 0) is 25.8 Å². The standard InChI is InChI=1S/C18H27F3N4/c1-14-4-6-16(7-5-14)8-9-23-17(22-3)25-12-10-24(11-13-25)15(2)18(19,20)21/h4-7,15H,8-13H2,1-3H3,(H,22,23). The molecule has 1 N–H and O–H groups in total. The maximum atomic E-state index is 12.8. The number of nitrogens with one attached hydrogen (secondary N) is 1. The van der Waals surface area contributed by atoms with Crippen LogP contribution in [0.15, 0.2) is 29.3 Å². The van der Waals surface area contributed by atoms with E-state index in [0.717, 1.165) is 18.9 Å². The molecule has 1 unspecified atom stereocenters. The van der Waals surface area contributed by atoms with Crippen molar-refractivity contribution in [2.24, 2.45) is 4.99 Å². The van der Waals surface area contributed by atoms with Crippen LogP contribution in [0.4, 0.5) is 13.2 Å². The van der Waals surface area contributed by atoms with Crippen LogP contribution < -0.4 is 5.32 Å². The van der Waals surface area contributed by atoms with Crippen molar-refractivity contribution >= 4 is 5.96 Å². The molecular formula is C18H27F3N4. The SMILES string of the molecule is CN=C(NCCc1ccc(C)cc1)N1CCN(C(C)C(F)(F)F)CC1. The molecule has 0 bridgehead atoms. The lowest BCUT2D eigenvalue weighted by atomic mass is 10.1. The van der Waals surface area contributed by atoms with Crippen LogP contribution in [0, 0.1) is 6.92 Å². The maximum Gasteiger partial charge on any atom is 0.403 e. The average Bonchev–Trinajstić information content (AvgIpc) is 2.59. The van der Waals surface area contributed by atoms with Gasteiger partial charge in [-0.3, -0.25) is 9.89 Å². The van der Waals surface area contributed by atoms with Gasteiger partial charge in [-0.1, -0.05) is 29.8 Å². The molecule has 4 nitrogen and oxygen atoms in total. The zero-order valence-electron chi connectivity index (χ0n) is 15.1. The second kappa shape index (κ2) is 8.56. The number of hydrogen-bond acceptors (Lipinski definition) is 2. The van der Waals surface area contributed by atoms with Crippen molar-refractivity contribution in [1.82, 2.24) is 15.1 Å². The topological polar surface area (TPSA) is 30.9 Å². The molecule has 25 heavy (non-hydrogen) atoms. The zero-order chi connectivity index (χ0) is 18.4. The molecule has 0 radical (unpaired) electrons. The van der Waals surface area contributed by atoms with Gasteiger partial charge in [-0.2, -0.15) is 13.2 Å². The Balaban J connectivity index is 1.79. The van der Waals surface area contributed by atoms with Gasteiger partial charge in [0.15, 0.2) is 5.96 Å². The summed E-state index contributed by atoms with van der Waals surface area (Å²) in [5.41, 5.74) is 2.48. The molecule has 1 aliphatic heterocycles. The first-order chi connectivity index (χ1) is 11.8. The lowest BCUT2D eigenvalue weighted by Crippen LogP contribution is -2.56. The van der Waals surface area contributed by atoms with Crippen molar-refractivity contribution in [3.8, 4) is 0 Å². The maximum absolute atomic E-state index is 12.8. The summed E-state index contributed by atoms with van der Waals surface area (Å²) < 4.78 is 38.5. The van der Waals surface area contributed by atoms with Gasteiger partial charge in [-0.25, -0.2) is 0 Å². The summed E-state index contributed by atoms with van der Waals surface area (Å²) in [5.74, 6) is 0.756. The highest BCUT2D eigenvalue weighted by Gasteiger charge is 2.41. The van der Waals surface area contributed by atoms with Crippen LogP contribution >= 0.6 is 0 Å². The van der Waals surface area contributed by atoms with Gasteiger partial charge in [0.05, 0.1) is 0 Å². The van der Waals surface area contributed by atoms with Crippen molar-refractivity contribution in [2.45, 2.75) is 32.5 Å². The Bertz CT molecular complexity index is 561. The van der Waals surface area contributed by atoms with Crippen LogP contribution in [0.2, 0.25) is 0 Å². The summed E-state index contributed by atoms with van der Waals surface area (Å²) in [6, 6.07) is 7.00. The molecule has 2 rings (SSSR count). The van der Waals surface area contributed by atoms with Gasteiger partial charge in [-0.15, -0.1) is 0 Å². The molecule has 0 amide bonds. The second-order valence-electron chi connectivity index (χ2n) is 6.45. The third kappa shape index (κ3) is 5.63. The number of guanidine groups is 1. The van der Waals surface area contributed by atoms with E-state index in [-0.39, 0.29) is 0 Å². The first kappa shape index (κ1) is 19.6. The number of piperazine rings is 1. The Morgan fingerprint density at radius 3 is 2.28 bits per heavy atom. The molecule has 1 saturated heterocycles. The second-order valence-corrected chi connectivity index (χ2v) is 6.45. The molecule has 1 fully saturated rings. The summed E-state index contributed by atoms with van der Waals surface area (Å²) >= 11 is 0. The Kier molecular flexibility index (Phi) is 6.70. The van der Waals surface area contributed by atoms with Crippen molar-refractivity contribution in [3.05, 3.63) is 35.4 Å². The third-order valence-corrected chi connectivity index (χ3v) is 4.66. The highest BCUT2D eigenvalue weighted by atomic mass is 19.4. The largest absolute Gasteiger partial charge is 0.403 e. The zero-order valence-corrected chi connectivity index (χ0v) is 15.1. The fraction of sp³-hybridized carbons (Fsp3) is 0.611. The van der Waals surface area contributed by atoms with Crippen LogP contribution in [0.5, 0.6) is 0 Å². The monoisotopic (exact) mass is 356 g/mol. The van der Waals surface area contributed by atoms with E-state index in [1.165, 1.54) is 23.0 Å². The van der Waals surface area contributed by atoms with Gasteiger partial charge >= 0.3 is 6.18 Å². The van der Waals surface area contributed by atoms with Gasteiger partial charge < -0.3 is 10.2 Å². The molecule has 0 aliphatic carbocycles. The summed E-state index contributed by atoms with van der Waals surface area (Å²) in [5, 5.41) is 3.31. The summed E-state index contributed by atoms with van der Waals surface area (Å²) in [7, 11) is 1.71. The Morgan fingerprint density at radius 1 is 1.16 bits per heavy atom. The number of alkyl halides is 3. The molecule has 0 spiro atoms. The van der Waals surface area contributed by atoms with Crippen LogP contribution in [0.3, 0.4) is 0 Å². The molecule has 7 heteroatoms. The van der Waals surface area contributed by atoms with Crippen molar-refractivity contribution in [1.29, 1.82) is 0 Å². The molecule has 0 saturated carbocycles. The van der Waals surface area contributed by atoms with Gasteiger partial charge in [0, 0.05) is 39.8 Å². The van der Waals surface area contributed by atoms with E-state index < -0.39 is 12.2 Å². The number of nitrogens with zero attached hydrogens (tertiary/aromatic N) is 3. The van der Waals surface area contributed by atoms with Crippen molar-refractivity contribution in [3.63, 3.8) is 0 Å². The Morgan fingerprint density at radius 2 is 1.76 bits per heavy atom. The van der Waals surface area contributed by atoms with Crippen LogP contribution in [0.1, 0.15) is 18.1 Å². The van der Waals surface area contributed by atoms with Crippen LogP contribution in [0.25, 0.3) is 0 Å². The van der Waals surface area contributed by atoms with E-state index in [1.807, 2.05) is 4.90 Å². The van der Waals surface area contributed by atoms with Crippen molar-refractivity contribution in [2.75, 3.05) is 39.8 Å². The summed E-state index contributed by atoms with van der Waals surface area (Å²) in [4.78, 5) is 7.77. The lowest BCUT2D eigenvalue weighted by molar-refractivity contribution is -0.181. The predicted octanol–water partition coefficient (Wildman–Crippen LogP) is 2.68. The Hall–Kier alpha value is -1.76. The molecule has 0 aromatic heterocycles. The lowest BCUT2D eigenvalue weighted by Gasteiger charge is -2.39. The first-order valence-corrected chi connectivity index (χ1v) is 8.63. The first-order valence-electron chi connectivity index (χ1n) is 8.63. The number of halogens is 3. The minimum Gasteiger partial charge on any atom is -0.356 e. The van der Waals surface area contributed by atoms with Crippen molar-refractivity contribution < 1.29 is 13.2 Å². The molecule has 1 atom stereocenters. The number of rotatable bonds is 4. The quantitative estimate of drug-likeness (QED) is 0.665. The third-order valence-electron chi connectivity index (χ3n) is 4.66. The highest BCUT2D eigenvalue weighted by Crippen LogP contribution is 2.25. The number of benzene rings is 1. The number of hydrogen-bond donors (Lipinski definition) is 1. The molecular weight excluding hydrogens is 329 g/mol. The smallest absolute Gasteiger partial charge is 0.356 e. The van der Waals surface area contributed by atoms with E-state index in [9.17, 15) is 13.2 Å². The molecule has 140 valence electrons. The van der Waals surface area contributed by atoms with E-state index >= 15 is 0 Å². The van der Waals surface area contributed by atoms with E-state index in [2.05, 4.69) is 41.5 Å². The van der Waals surface area contributed by atoms with Crippen LogP contribution in [-0.4, -0.2) is 67.7 Å². The summed E-state index contributed by atoms with van der Waals surface area (Å²) in [6.07, 6.45) is -3.29. The number of aryl methyl sites for hydroxylation is 1. The minimum atomic E-state index is -4.17. The highest BCUT2D eigenvalue weighted by molar-refractivity contribution is 5.80. The van der Waals surface area contributed by atoms with Gasteiger partial charge in [0.1, 0.15) is 6.04 Å². The van der Waals surface area contributed by atoms with E-state index in [4.69, 9.17) is 0 Å². The van der Waals surface area contributed by atoms with E-state index in [0.29, 0.717) is 26.2 Å². The fourth-order valence-corrected chi connectivity index (χ4v) is 2.93. The van der Waals surface area contributed by atoms with Crippen LogP contribution in [-0.2, 0) is 6.42 Å². The van der Waals surface area contributed by atoms with Gasteiger partial charge in [0.25, 0.3) is 0 Å². The molecule has 1 aliphatic rings. The summed E-state index contributed by atoms with van der Waals surface area (Å²) in [6.45, 7) is 5.90. The molecule has 1 aromatic rings. The van der Waals surface area contributed by atoms with Gasteiger partial charge in [0.2, 0.25) is 0 Å². The average molecular weight is 356 g/mol. The van der Waals surface area contributed by atoms with E-state index in [1.54, 1.807) is 7.05 Å². The molecule has 1 aromatic carbocycles. The predicted molar refractivity (Wildman–Crippen MR) is 94.9 cm³/mol. The number of aliphatic imine (C=N–C) groups is 1.